The predicted molar refractivity (Wildman–Crippen MR) is 93.2 cm³/mol. The third-order valence-electron chi connectivity index (χ3n) is 4.80. The van der Waals surface area contributed by atoms with Gasteiger partial charge in [-0.05, 0) is 49.7 Å². The van der Waals surface area contributed by atoms with Gasteiger partial charge in [0.05, 0.1) is 5.92 Å². The molecule has 0 N–H and O–H groups in total. The van der Waals surface area contributed by atoms with Gasteiger partial charge in [0.25, 0.3) is 5.88 Å². The van der Waals surface area contributed by atoms with Gasteiger partial charge in [-0.2, -0.15) is 0 Å². The van der Waals surface area contributed by atoms with Gasteiger partial charge in [0.2, 0.25) is 0 Å². The fourth-order valence-electron chi connectivity index (χ4n) is 2.95. The van der Waals surface area contributed by atoms with Crippen molar-refractivity contribution in [2.45, 2.75) is 44.9 Å². The maximum atomic E-state index is 12.2. The van der Waals surface area contributed by atoms with Crippen molar-refractivity contribution in [1.29, 1.82) is 0 Å². The number of carbonyl (C=O) groups excluding carboxylic acids is 1. The number of benzene rings is 1. The second kappa shape index (κ2) is 6.64. The molecule has 1 aromatic heterocycles. The standard InChI is InChI=1S/C19H19ClN2O3/c1-11-4-2-7-14(12-8-9-12)17(11)25-18-15(10-16(20)21-22-18)24-19(23)13-5-3-6-13/h2,4,7,10,12-13H,3,5-6,8-9H2,1H3. The number of carbonyl (C=O) groups is 1. The van der Waals surface area contributed by atoms with E-state index in [2.05, 4.69) is 16.3 Å². The Morgan fingerprint density at radius 3 is 2.68 bits per heavy atom. The first-order valence-electron chi connectivity index (χ1n) is 8.64. The molecule has 25 heavy (non-hydrogen) atoms. The molecular weight excluding hydrogens is 340 g/mol. The summed E-state index contributed by atoms with van der Waals surface area (Å²) in [6.45, 7) is 1.99. The van der Waals surface area contributed by atoms with Crippen LogP contribution in [0.15, 0.2) is 24.3 Å². The second-order valence-electron chi connectivity index (χ2n) is 6.75. The van der Waals surface area contributed by atoms with Gasteiger partial charge >= 0.3 is 5.97 Å². The molecule has 0 saturated heterocycles. The molecule has 0 amide bonds. The Balaban J connectivity index is 1.63. The van der Waals surface area contributed by atoms with Crippen LogP contribution in [0, 0.1) is 12.8 Å². The van der Waals surface area contributed by atoms with Crippen molar-refractivity contribution in [3.63, 3.8) is 0 Å². The average Bonchev–Trinajstić information content (AvgIpc) is 3.34. The smallest absolute Gasteiger partial charge is 0.314 e. The highest BCUT2D eigenvalue weighted by Gasteiger charge is 2.30. The second-order valence-corrected chi connectivity index (χ2v) is 7.14. The fourth-order valence-corrected chi connectivity index (χ4v) is 3.08. The van der Waals surface area contributed by atoms with Gasteiger partial charge in [0.15, 0.2) is 10.9 Å². The topological polar surface area (TPSA) is 61.3 Å². The molecule has 0 unspecified atom stereocenters. The number of aromatic nitrogens is 2. The van der Waals surface area contributed by atoms with Crippen molar-refractivity contribution in [3.05, 3.63) is 40.5 Å². The molecule has 4 rings (SSSR count). The summed E-state index contributed by atoms with van der Waals surface area (Å²) in [4.78, 5) is 12.2. The third kappa shape index (κ3) is 3.47. The summed E-state index contributed by atoms with van der Waals surface area (Å²) in [7, 11) is 0. The quantitative estimate of drug-likeness (QED) is 0.717. The number of aryl methyl sites for hydroxylation is 1. The van der Waals surface area contributed by atoms with Crippen molar-refractivity contribution in [2.75, 3.05) is 0 Å². The Hall–Kier alpha value is -2.14. The molecular formula is C19H19ClN2O3. The number of hydrogen-bond acceptors (Lipinski definition) is 5. The minimum atomic E-state index is -0.257. The van der Waals surface area contributed by atoms with Gasteiger partial charge in [-0.25, -0.2) is 0 Å². The third-order valence-corrected chi connectivity index (χ3v) is 4.99. The Bertz CT molecular complexity index is 816. The summed E-state index contributed by atoms with van der Waals surface area (Å²) in [5.41, 5.74) is 2.17. The van der Waals surface area contributed by atoms with E-state index in [1.807, 2.05) is 19.1 Å². The maximum absolute atomic E-state index is 12.2. The Kier molecular flexibility index (Phi) is 4.34. The molecule has 2 aromatic rings. The fraction of sp³-hybridized carbons (Fsp3) is 0.421. The van der Waals surface area contributed by atoms with Gasteiger partial charge in [-0.1, -0.05) is 36.2 Å². The number of esters is 1. The van der Waals surface area contributed by atoms with Crippen LogP contribution in [0.25, 0.3) is 0 Å². The van der Waals surface area contributed by atoms with Crippen LogP contribution >= 0.6 is 11.6 Å². The largest absolute Gasteiger partial charge is 0.434 e. The molecule has 0 spiro atoms. The molecule has 130 valence electrons. The Labute approximate surface area is 151 Å². The molecule has 2 aliphatic carbocycles. The zero-order valence-electron chi connectivity index (χ0n) is 14.0. The van der Waals surface area contributed by atoms with E-state index in [1.165, 1.54) is 6.07 Å². The lowest BCUT2D eigenvalue weighted by molar-refractivity contribution is -0.141. The van der Waals surface area contributed by atoms with Crippen LogP contribution < -0.4 is 9.47 Å². The van der Waals surface area contributed by atoms with E-state index in [4.69, 9.17) is 21.1 Å². The van der Waals surface area contributed by atoms with Gasteiger partial charge in [0.1, 0.15) is 5.75 Å². The minimum Gasteiger partial charge on any atom is -0.434 e. The van der Waals surface area contributed by atoms with Crippen LogP contribution in [0.2, 0.25) is 5.15 Å². The van der Waals surface area contributed by atoms with Crippen LogP contribution in [0.4, 0.5) is 0 Å². The minimum absolute atomic E-state index is 0.0414. The molecule has 0 radical (unpaired) electrons. The van der Waals surface area contributed by atoms with E-state index >= 15 is 0 Å². The van der Waals surface area contributed by atoms with Crippen molar-refractivity contribution in [1.82, 2.24) is 10.2 Å². The van der Waals surface area contributed by atoms with E-state index in [1.54, 1.807) is 0 Å². The van der Waals surface area contributed by atoms with Gasteiger partial charge in [0, 0.05) is 6.07 Å². The lowest BCUT2D eigenvalue weighted by atomic mass is 9.86. The van der Waals surface area contributed by atoms with Crippen molar-refractivity contribution in [3.8, 4) is 17.4 Å². The first-order valence-corrected chi connectivity index (χ1v) is 9.02. The zero-order valence-corrected chi connectivity index (χ0v) is 14.8. The van der Waals surface area contributed by atoms with Gasteiger partial charge in [-0.3, -0.25) is 4.79 Å². The molecule has 6 heteroatoms. The molecule has 0 bridgehead atoms. The maximum Gasteiger partial charge on any atom is 0.314 e. The van der Waals surface area contributed by atoms with E-state index in [9.17, 15) is 4.79 Å². The number of nitrogens with zero attached hydrogens (tertiary/aromatic N) is 2. The molecule has 1 heterocycles. The SMILES string of the molecule is Cc1cccc(C2CC2)c1Oc1nnc(Cl)cc1OC(=O)C1CCC1. The average molecular weight is 359 g/mol. The van der Waals surface area contributed by atoms with Crippen LogP contribution in [-0.4, -0.2) is 16.2 Å². The summed E-state index contributed by atoms with van der Waals surface area (Å²) in [5.74, 6) is 1.39. The lowest BCUT2D eigenvalue weighted by Crippen LogP contribution is -2.26. The zero-order chi connectivity index (χ0) is 17.4. The van der Waals surface area contributed by atoms with Crippen LogP contribution in [0.1, 0.15) is 49.1 Å². The van der Waals surface area contributed by atoms with E-state index in [0.29, 0.717) is 5.92 Å². The highest BCUT2D eigenvalue weighted by Crippen LogP contribution is 2.47. The first kappa shape index (κ1) is 16.3. The Morgan fingerprint density at radius 1 is 1.20 bits per heavy atom. The number of hydrogen-bond donors (Lipinski definition) is 0. The van der Waals surface area contributed by atoms with Crippen molar-refractivity contribution < 1.29 is 14.3 Å². The summed E-state index contributed by atoms with van der Waals surface area (Å²) < 4.78 is 11.6. The van der Waals surface area contributed by atoms with Crippen LogP contribution in [-0.2, 0) is 4.79 Å². The van der Waals surface area contributed by atoms with Crippen LogP contribution in [0.5, 0.6) is 17.4 Å². The monoisotopic (exact) mass is 358 g/mol. The van der Waals surface area contributed by atoms with Crippen molar-refractivity contribution >= 4 is 17.6 Å². The van der Waals surface area contributed by atoms with E-state index < -0.39 is 0 Å². The summed E-state index contributed by atoms with van der Waals surface area (Å²) in [6.07, 6.45) is 5.12. The summed E-state index contributed by atoms with van der Waals surface area (Å²) in [5, 5.41) is 8.01. The van der Waals surface area contributed by atoms with Gasteiger partial charge < -0.3 is 9.47 Å². The number of halogens is 1. The number of para-hydroxylation sites is 1. The molecule has 0 atom stereocenters. The predicted octanol–water partition coefficient (Wildman–Crippen LogP) is 4.81. The first-order chi connectivity index (χ1) is 12.1. The van der Waals surface area contributed by atoms with E-state index in [-0.39, 0.29) is 28.7 Å². The lowest BCUT2D eigenvalue weighted by Gasteiger charge is -2.23. The highest BCUT2D eigenvalue weighted by molar-refractivity contribution is 6.29. The van der Waals surface area contributed by atoms with Gasteiger partial charge in [-0.15, -0.1) is 10.2 Å². The van der Waals surface area contributed by atoms with E-state index in [0.717, 1.165) is 49.0 Å². The molecule has 5 nitrogen and oxygen atoms in total. The molecule has 0 aliphatic heterocycles. The molecule has 1 aromatic carbocycles. The molecule has 2 saturated carbocycles. The highest BCUT2D eigenvalue weighted by atomic mass is 35.5. The summed E-state index contributed by atoms with van der Waals surface area (Å²) >= 11 is 5.93. The Morgan fingerprint density at radius 2 is 2.00 bits per heavy atom. The molecule has 2 fully saturated rings. The summed E-state index contributed by atoms with van der Waals surface area (Å²) in [6, 6.07) is 7.57. The number of ether oxygens (including phenoxy) is 2. The van der Waals surface area contributed by atoms with Crippen LogP contribution in [0.3, 0.4) is 0 Å². The van der Waals surface area contributed by atoms with Crippen molar-refractivity contribution in [2.24, 2.45) is 5.92 Å². The molecule has 2 aliphatic rings. The normalized spacial score (nSPS) is 17.0. The number of rotatable bonds is 5.